The van der Waals surface area contributed by atoms with Crippen LogP contribution in [0.5, 0.6) is 0 Å². The Balaban J connectivity index is 1.77. The number of ketones is 1. The average Bonchev–Trinajstić information content (AvgIpc) is 2.66. The van der Waals surface area contributed by atoms with E-state index < -0.39 is 0 Å². The van der Waals surface area contributed by atoms with Crippen molar-refractivity contribution in [2.75, 3.05) is 0 Å². The minimum absolute atomic E-state index is 0.0324. The number of carbonyl (C=O) groups excluding carboxylic acids is 1. The van der Waals surface area contributed by atoms with Crippen molar-refractivity contribution in [2.45, 2.75) is 40.5 Å². The van der Waals surface area contributed by atoms with Gasteiger partial charge in [-0.1, -0.05) is 94.4 Å². The fraction of sp³-hybridized carbons (Fsp3) is 0.400. The minimum Gasteiger partial charge on any atom is -0.298 e. The molecule has 1 aliphatic rings. The van der Waals surface area contributed by atoms with E-state index >= 15 is 0 Å². The lowest BCUT2D eigenvalue weighted by Gasteiger charge is -2.41. The molecule has 136 valence electrons. The molecule has 0 N–H and O–H groups in total. The average molecular weight is 347 g/mol. The van der Waals surface area contributed by atoms with Gasteiger partial charge >= 0.3 is 0 Å². The number of Topliss-reactive ketones (excluding diaryl/α,β-unsaturated/α-hetero) is 1. The summed E-state index contributed by atoms with van der Waals surface area (Å²) in [6.45, 7) is 8.72. The van der Waals surface area contributed by atoms with Gasteiger partial charge in [0.1, 0.15) is 5.78 Å². The Morgan fingerprint density at radius 2 is 1.62 bits per heavy atom. The zero-order valence-electron chi connectivity index (χ0n) is 16.4. The van der Waals surface area contributed by atoms with Crippen LogP contribution in [-0.4, -0.2) is 5.78 Å². The van der Waals surface area contributed by atoms with Gasteiger partial charge in [0.05, 0.1) is 0 Å². The molecule has 1 nitrogen and oxygen atoms in total. The van der Waals surface area contributed by atoms with Crippen molar-refractivity contribution in [3.05, 3.63) is 66.2 Å². The second-order valence-electron chi connectivity index (χ2n) is 8.33. The molecule has 26 heavy (non-hydrogen) atoms. The molecule has 2 aromatic rings. The first-order valence-electron chi connectivity index (χ1n) is 9.80. The van der Waals surface area contributed by atoms with Crippen LogP contribution < -0.4 is 0 Å². The van der Waals surface area contributed by atoms with Gasteiger partial charge in [0.15, 0.2) is 0 Å². The van der Waals surface area contributed by atoms with Gasteiger partial charge in [0.2, 0.25) is 0 Å². The Bertz CT molecular complexity index is 770. The summed E-state index contributed by atoms with van der Waals surface area (Å²) in [5.41, 5.74) is 3.42. The van der Waals surface area contributed by atoms with E-state index in [2.05, 4.69) is 88.4 Å². The predicted molar refractivity (Wildman–Crippen MR) is 111 cm³/mol. The van der Waals surface area contributed by atoms with Crippen LogP contribution in [0.25, 0.3) is 17.2 Å². The van der Waals surface area contributed by atoms with Crippen molar-refractivity contribution in [3.8, 4) is 11.1 Å². The Labute approximate surface area is 158 Å². The summed E-state index contributed by atoms with van der Waals surface area (Å²) in [5, 5.41) is 0. The van der Waals surface area contributed by atoms with E-state index in [0.717, 1.165) is 18.4 Å². The molecule has 1 unspecified atom stereocenters. The molecule has 3 rings (SSSR count). The van der Waals surface area contributed by atoms with Crippen molar-refractivity contribution < 1.29 is 4.79 Å². The molecule has 2 aromatic carbocycles. The number of hydrogen-bond donors (Lipinski definition) is 0. The highest BCUT2D eigenvalue weighted by Gasteiger charge is 2.44. The third kappa shape index (κ3) is 3.67. The molecule has 0 radical (unpaired) electrons. The summed E-state index contributed by atoms with van der Waals surface area (Å²) in [5.74, 6) is 1.27. The predicted octanol–water partition coefficient (Wildman–Crippen LogP) is 6.64. The van der Waals surface area contributed by atoms with Crippen molar-refractivity contribution in [1.29, 1.82) is 0 Å². The quantitative estimate of drug-likeness (QED) is 0.606. The minimum atomic E-state index is -0.182. The van der Waals surface area contributed by atoms with Gasteiger partial charge in [-0.05, 0) is 41.4 Å². The van der Waals surface area contributed by atoms with Crippen molar-refractivity contribution >= 4 is 11.9 Å². The lowest BCUT2D eigenvalue weighted by Crippen LogP contribution is -2.43. The Hall–Kier alpha value is -2.15. The molecule has 0 heterocycles. The Morgan fingerprint density at radius 1 is 1.00 bits per heavy atom. The third-order valence-corrected chi connectivity index (χ3v) is 6.39. The van der Waals surface area contributed by atoms with Gasteiger partial charge in [-0.15, -0.1) is 0 Å². The van der Waals surface area contributed by atoms with Crippen molar-refractivity contribution in [1.82, 2.24) is 0 Å². The normalized spacial score (nSPS) is 26.6. The van der Waals surface area contributed by atoms with Gasteiger partial charge in [-0.25, -0.2) is 0 Å². The molecule has 0 amide bonds. The first-order chi connectivity index (χ1) is 12.4. The van der Waals surface area contributed by atoms with Crippen LogP contribution in [0.3, 0.4) is 0 Å². The van der Waals surface area contributed by atoms with Crippen LogP contribution in [-0.2, 0) is 4.79 Å². The third-order valence-electron chi connectivity index (χ3n) is 6.39. The highest BCUT2D eigenvalue weighted by molar-refractivity contribution is 5.90. The van der Waals surface area contributed by atoms with Crippen LogP contribution in [0.15, 0.2) is 60.7 Å². The first kappa shape index (κ1) is 18.6. The second kappa shape index (κ2) is 7.61. The molecule has 0 spiro atoms. The number of benzene rings is 2. The fourth-order valence-electron chi connectivity index (χ4n) is 3.95. The summed E-state index contributed by atoms with van der Waals surface area (Å²) in [7, 11) is 0. The largest absolute Gasteiger partial charge is 0.298 e. The van der Waals surface area contributed by atoms with E-state index in [9.17, 15) is 4.79 Å². The topological polar surface area (TPSA) is 17.1 Å². The van der Waals surface area contributed by atoms with E-state index in [1.807, 2.05) is 6.07 Å². The van der Waals surface area contributed by atoms with Crippen LogP contribution in [0.2, 0.25) is 0 Å². The van der Waals surface area contributed by atoms with Gasteiger partial charge in [-0.3, -0.25) is 4.79 Å². The molecule has 1 aliphatic carbocycles. The number of carbonyl (C=O) groups is 1. The number of hydrogen-bond acceptors (Lipinski definition) is 1. The summed E-state index contributed by atoms with van der Waals surface area (Å²) >= 11 is 0. The number of rotatable bonds is 4. The van der Waals surface area contributed by atoms with Crippen LogP contribution in [0.1, 0.15) is 46.1 Å². The monoisotopic (exact) mass is 346 g/mol. The molecule has 1 fully saturated rings. The lowest BCUT2D eigenvalue weighted by molar-refractivity contribution is -0.138. The second-order valence-corrected chi connectivity index (χ2v) is 8.33. The summed E-state index contributed by atoms with van der Waals surface area (Å²) < 4.78 is 0. The SMILES string of the molecule is CC(C)[C@@]1(C)CC[C@@H](C)C(/C=C/c2ccc(-c3ccccc3)cc2)C1=O. The van der Waals surface area contributed by atoms with Crippen LogP contribution in [0, 0.1) is 23.2 Å². The van der Waals surface area contributed by atoms with Crippen LogP contribution >= 0.6 is 0 Å². The van der Waals surface area contributed by atoms with E-state index in [1.165, 1.54) is 11.1 Å². The zero-order chi connectivity index (χ0) is 18.7. The smallest absolute Gasteiger partial charge is 0.146 e. The molecule has 0 bridgehead atoms. The molecule has 0 aliphatic heterocycles. The lowest BCUT2D eigenvalue weighted by atomic mass is 9.61. The van der Waals surface area contributed by atoms with Crippen molar-refractivity contribution in [3.63, 3.8) is 0 Å². The zero-order valence-corrected chi connectivity index (χ0v) is 16.4. The highest BCUT2D eigenvalue weighted by atomic mass is 16.1. The standard InChI is InChI=1S/C25H30O/c1-18(2)25(4)17-16-19(3)23(24(25)26)15-12-20-10-13-22(14-11-20)21-8-6-5-7-9-21/h5-15,18-19,23H,16-17H2,1-4H3/b15-12+/t19-,23?,25-/m1/s1. The van der Waals surface area contributed by atoms with Crippen molar-refractivity contribution in [2.24, 2.45) is 23.2 Å². The van der Waals surface area contributed by atoms with E-state index in [-0.39, 0.29) is 11.3 Å². The molecular formula is C25H30O. The number of allylic oxidation sites excluding steroid dienone is 1. The molecule has 0 aromatic heterocycles. The Kier molecular flexibility index (Phi) is 5.46. The molecule has 3 atom stereocenters. The summed E-state index contributed by atoms with van der Waals surface area (Å²) in [6.07, 6.45) is 6.41. The molecule has 1 saturated carbocycles. The maximum atomic E-state index is 13.1. The van der Waals surface area contributed by atoms with E-state index in [1.54, 1.807) is 0 Å². The maximum absolute atomic E-state index is 13.1. The molecule has 0 saturated heterocycles. The van der Waals surface area contributed by atoms with E-state index in [0.29, 0.717) is 17.6 Å². The fourth-order valence-corrected chi connectivity index (χ4v) is 3.95. The summed E-state index contributed by atoms with van der Waals surface area (Å²) in [6, 6.07) is 19.0. The summed E-state index contributed by atoms with van der Waals surface area (Å²) in [4.78, 5) is 13.1. The molecular weight excluding hydrogens is 316 g/mol. The van der Waals surface area contributed by atoms with E-state index in [4.69, 9.17) is 0 Å². The van der Waals surface area contributed by atoms with Gasteiger partial charge < -0.3 is 0 Å². The van der Waals surface area contributed by atoms with Gasteiger partial charge in [-0.2, -0.15) is 0 Å². The van der Waals surface area contributed by atoms with Gasteiger partial charge in [0.25, 0.3) is 0 Å². The maximum Gasteiger partial charge on any atom is 0.146 e. The van der Waals surface area contributed by atoms with Gasteiger partial charge in [0, 0.05) is 11.3 Å². The molecule has 1 heteroatoms. The van der Waals surface area contributed by atoms with Crippen LogP contribution in [0.4, 0.5) is 0 Å². The first-order valence-corrected chi connectivity index (χ1v) is 9.80. The highest BCUT2D eigenvalue weighted by Crippen LogP contribution is 2.44. The Morgan fingerprint density at radius 3 is 2.23 bits per heavy atom.